The Labute approximate surface area is 97.7 Å². The molecule has 0 spiro atoms. The number of carboxylic acid groups (broad SMARTS) is 1. The molecule has 0 radical (unpaired) electrons. The van der Waals surface area contributed by atoms with Crippen LogP contribution in [0.5, 0.6) is 0 Å². The molecule has 0 saturated carbocycles. The smallest absolute Gasteiger partial charge is 0.356 e. The average Bonchev–Trinajstić information content (AvgIpc) is 2.55. The maximum Gasteiger partial charge on any atom is 0.356 e. The maximum absolute atomic E-state index is 11.0. The average molecular weight is 232 g/mol. The summed E-state index contributed by atoms with van der Waals surface area (Å²) >= 11 is 0. The number of nitrogens with zero attached hydrogens (tertiary/aromatic N) is 3. The van der Waals surface area contributed by atoms with Crippen molar-refractivity contribution in [2.24, 2.45) is 7.05 Å². The van der Waals surface area contributed by atoms with E-state index in [-0.39, 0.29) is 11.4 Å². The third kappa shape index (κ3) is 2.10. The first-order chi connectivity index (χ1) is 8.09. The number of nitrogen functional groups attached to an aromatic ring is 1. The molecular weight excluding hydrogens is 220 g/mol. The summed E-state index contributed by atoms with van der Waals surface area (Å²) in [5, 5.41) is 13.1. The van der Waals surface area contributed by atoms with Crippen LogP contribution in [0, 0.1) is 0 Å². The van der Waals surface area contributed by atoms with Crippen molar-refractivity contribution < 1.29 is 9.90 Å². The highest BCUT2D eigenvalue weighted by Crippen LogP contribution is 2.19. The molecule has 6 nitrogen and oxygen atoms in total. The molecule has 0 saturated heterocycles. The standard InChI is InChI=1S/C11H12N4O2/c1-15-10(11(16)17)9(12)8(14-15)5-7-3-2-4-13-6-7/h2-4,6H,5,12H2,1H3,(H,16,17). The quantitative estimate of drug-likeness (QED) is 0.811. The second-order valence-electron chi connectivity index (χ2n) is 3.68. The van der Waals surface area contributed by atoms with Crippen molar-refractivity contribution in [2.45, 2.75) is 6.42 Å². The molecule has 0 aliphatic heterocycles. The van der Waals surface area contributed by atoms with E-state index in [2.05, 4.69) is 10.1 Å². The molecule has 0 amide bonds. The van der Waals surface area contributed by atoms with Crippen molar-refractivity contribution in [1.29, 1.82) is 0 Å². The van der Waals surface area contributed by atoms with Crippen LogP contribution in [0.15, 0.2) is 24.5 Å². The summed E-state index contributed by atoms with van der Waals surface area (Å²) in [7, 11) is 1.56. The van der Waals surface area contributed by atoms with Gasteiger partial charge >= 0.3 is 5.97 Å². The topological polar surface area (TPSA) is 94.0 Å². The van der Waals surface area contributed by atoms with Gasteiger partial charge in [0.05, 0.1) is 11.4 Å². The highest BCUT2D eigenvalue weighted by Gasteiger charge is 2.18. The van der Waals surface area contributed by atoms with E-state index in [0.29, 0.717) is 12.1 Å². The number of hydrogen-bond acceptors (Lipinski definition) is 4. The Hall–Kier alpha value is -2.37. The fraction of sp³-hybridized carbons (Fsp3) is 0.182. The van der Waals surface area contributed by atoms with Gasteiger partial charge in [-0.2, -0.15) is 5.10 Å². The van der Waals surface area contributed by atoms with Crippen molar-refractivity contribution >= 4 is 11.7 Å². The summed E-state index contributed by atoms with van der Waals surface area (Å²) in [5.74, 6) is -1.07. The zero-order chi connectivity index (χ0) is 12.4. The van der Waals surface area contributed by atoms with Crippen LogP contribution in [-0.4, -0.2) is 25.8 Å². The van der Waals surface area contributed by atoms with E-state index in [9.17, 15) is 4.79 Å². The van der Waals surface area contributed by atoms with Gasteiger partial charge < -0.3 is 10.8 Å². The van der Waals surface area contributed by atoms with Gasteiger partial charge in [-0.3, -0.25) is 9.67 Å². The molecule has 6 heteroatoms. The normalized spacial score (nSPS) is 10.4. The van der Waals surface area contributed by atoms with E-state index >= 15 is 0 Å². The van der Waals surface area contributed by atoms with E-state index in [1.807, 2.05) is 12.1 Å². The Kier molecular flexibility index (Phi) is 2.78. The molecule has 2 heterocycles. The summed E-state index contributed by atoms with van der Waals surface area (Å²) in [5.41, 5.74) is 7.49. The first-order valence-electron chi connectivity index (χ1n) is 5.03. The highest BCUT2D eigenvalue weighted by molar-refractivity contribution is 5.92. The lowest BCUT2D eigenvalue weighted by Crippen LogP contribution is -2.07. The van der Waals surface area contributed by atoms with Gasteiger partial charge in [0.25, 0.3) is 0 Å². The molecule has 17 heavy (non-hydrogen) atoms. The third-order valence-corrected chi connectivity index (χ3v) is 2.46. The van der Waals surface area contributed by atoms with E-state index in [4.69, 9.17) is 10.8 Å². The lowest BCUT2D eigenvalue weighted by Gasteiger charge is -1.98. The molecule has 3 N–H and O–H groups in total. The number of nitrogens with two attached hydrogens (primary N) is 1. The fourth-order valence-corrected chi connectivity index (χ4v) is 1.68. The zero-order valence-corrected chi connectivity index (χ0v) is 9.29. The number of aryl methyl sites for hydroxylation is 1. The van der Waals surface area contributed by atoms with Gasteiger partial charge in [-0.05, 0) is 11.6 Å². The van der Waals surface area contributed by atoms with Crippen LogP contribution >= 0.6 is 0 Å². The van der Waals surface area contributed by atoms with Crippen LogP contribution in [0.2, 0.25) is 0 Å². The van der Waals surface area contributed by atoms with Gasteiger partial charge in [0.15, 0.2) is 5.69 Å². The van der Waals surface area contributed by atoms with Crippen LogP contribution in [0.25, 0.3) is 0 Å². The Morgan fingerprint density at radius 1 is 1.59 bits per heavy atom. The minimum Gasteiger partial charge on any atom is -0.476 e. The van der Waals surface area contributed by atoms with E-state index in [1.54, 1.807) is 19.4 Å². The molecule has 0 aromatic carbocycles. The Morgan fingerprint density at radius 3 is 2.88 bits per heavy atom. The number of hydrogen-bond donors (Lipinski definition) is 2. The Balaban J connectivity index is 2.35. The van der Waals surface area contributed by atoms with Gasteiger partial charge in [0.2, 0.25) is 0 Å². The molecule has 2 rings (SSSR count). The van der Waals surface area contributed by atoms with Gasteiger partial charge in [0, 0.05) is 25.9 Å². The highest BCUT2D eigenvalue weighted by atomic mass is 16.4. The van der Waals surface area contributed by atoms with E-state index < -0.39 is 5.97 Å². The molecule has 0 unspecified atom stereocenters. The predicted molar refractivity (Wildman–Crippen MR) is 61.6 cm³/mol. The summed E-state index contributed by atoms with van der Waals surface area (Å²) < 4.78 is 1.28. The number of aromatic carboxylic acids is 1. The van der Waals surface area contributed by atoms with Crippen molar-refractivity contribution in [3.8, 4) is 0 Å². The summed E-state index contributed by atoms with van der Waals surface area (Å²) in [6, 6.07) is 3.70. The predicted octanol–water partition coefficient (Wildman–Crippen LogP) is 0.686. The molecule has 0 atom stereocenters. The number of rotatable bonds is 3. The lowest BCUT2D eigenvalue weighted by atomic mass is 10.1. The van der Waals surface area contributed by atoms with Crippen LogP contribution in [0.3, 0.4) is 0 Å². The van der Waals surface area contributed by atoms with Gasteiger partial charge in [0.1, 0.15) is 0 Å². The van der Waals surface area contributed by atoms with E-state index in [1.165, 1.54) is 4.68 Å². The summed E-state index contributed by atoms with van der Waals surface area (Å²) in [6.45, 7) is 0. The minimum atomic E-state index is -1.07. The van der Waals surface area contributed by atoms with Crippen molar-refractivity contribution in [3.05, 3.63) is 41.5 Å². The van der Waals surface area contributed by atoms with Gasteiger partial charge in [-0.15, -0.1) is 0 Å². The molecule has 0 aliphatic rings. The molecule has 0 aliphatic carbocycles. The molecule has 2 aromatic rings. The van der Waals surface area contributed by atoms with Crippen molar-refractivity contribution in [3.63, 3.8) is 0 Å². The number of aromatic nitrogens is 3. The zero-order valence-electron chi connectivity index (χ0n) is 9.29. The number of anilines is 1. The molecule has 2 aromatic heterocycles. The third-order valence-electron chi connectivity index (χ3n) is 2.46. The van der Waals surface area contributed by atoms with Crippen LogP contribution in [-0.2, 0) is 13.5 Å². The van der Waals surface area contributed by atoms with Crippen LogP contribution in [0.4, 0.5) is 5.69 Å². The lowest BCUT2D eigenvalue weighted by molar-refractivity contribution is 0.0686. The number of pyridine rings is 1. The first-order valence-corrected chi connectivity index (χ1v) is 5.03. The minimum absolute atomic E-state index is 0.0175. The van der Waals surface area contributed by atoms with Gasteiger partial charge in [-0.25, -0.2) is 4.79 Å². The maximum atomic E-state index is 11.0. The van der Waals surface area contributed by atoms with E-state index in [0.717, 1.165) is 5.56 Å². The Morgan fingerprint density at radius 2 is 2.35 bits per heavy atom. The van der Waals surface area contributed by atoms with Crippen LogP contribution in [0.1, 0.15) is 21.7 Å². The van der Waals surface area contributed by atoms with Gasteiger partial charge in [-0.1, -0.05) is 6.07 Å². The number of carbonyl (C=O) groups is 1. The molecular formula is C11H12N4O2. The second kappa shape index (κ2) is 4.25. The van der Waals surface area contributed by atoms with Crippen molar-refractivity contribution in [2.75, 3.05) is 5.73 Å². The summed E-state index contributed by atoms with van der Waals surface area (Å²) in [4.78, 5) is 14.9. The second-order valence-corrected chi connectivity index (χ2v) is 3.68. The Bertz CT molecular complexity index is 548. The monoisotopic (exact) mass is 232 g/mol. The SMILES string of the molecule is Cn1nc(Cc2cccnc2)c(N)c1C(=O)O. The largest absolute Gasteiger partial charge is 0.476 e. The fourth-order valence-electron chi connectivity index (χ4n) is 1.68. The first kappa shape index (κ1) is 11.1. The molecule has 0 bridgehead atoms. The molecule has 0 fully saturated rings. The summed E-state index contributed by atoms with van der Waals surface area (Å²) in [6.07, 6.45) is 3.85. The number of carboxylic acids is 1. The van der Waals surface area contributed by atoms with Crippen molar-refractivity contribution in [1.82, 2.24) is 14.8 Å². The van der Waals surface area contributed by atoms with Crippen LogP contribution < -0.4 is 5.73 Å². The molecule has 88 valence electrons.